The summed E-state index contributed by atoms with van der Waals surface area (Å²) < 4.78 is 15.0. The van der Waals surface area contributed by atoms with E-state index in [2.05, 4.69) is 46.4 Å². The SMILES string of the molecule is C=C1CC[C@@H](O)C/C1=C/C=C1\CCC[C@]2(C)[C@@H]([C@H](C)C(F)CCC(C)C)CC[C@@H]12. The Labute approximate surface area is 178 Å². The number of allylic oxidation sites excluding steroid dienone is 4. The Bertz CT molecular complexity index is 645. The first-order valence-electron chi connectivity index (χ1n) is 12.1. The van der Waals surface area contributed by atoms with Gasteiger partial charge in [0, 0.05) is 0 Å². The van der Waals surface area contributed by atoms with Crippen LogP contribution in [0.4, 0.5) is 4.39 Å². The second-order valence-electron chi connectivity index (χ2n) is 10.9. The highest BCUT2D eigenvalue weighted by molar-refractivity contribution is 5.36. The predicted molar refractivity (Wildman–Crippen MR) is 121 cm³/mol. The van der Waals surface area contributed by atoms with E-state index in [9.17, 15) is 5.11 Å². The van der Waals surface area contributed by atoms with Gasteiger partial charge in [0.2, 0.25) is 0 Å². The van der Waals surface area contributed by atoms with Gasteiger partial charge in [-0.05, 0) is 98.9 Å². The van der Waals surface area contributed by atoms with Gasteiger partial charge in [-0.25, -0.2) is 4.39 Å². The number of hydrogen-bond donors (Lipinski definition) is 1. The highest BCUT2D eigenvalue weighted by atomic mass is 19.1. The van der Waals surface area contributed by atoms with Crippen molar-refractivity contribution in [1.29, 1.82) is 0 Å². The number of alkyl halides is 1. The van der Waals surface area contributed by atoms with Gasteiger partial charge in [-0.2, -0.15) is 0 Å². The Morgan fingerprint density at radius 3 is 2.62 bits per heavy atom. The fraction of sp³-hybridized carbons (Fsp3) is 0.778. The molecule has 6 atom stereocenters. The van der Waals surface area contributed by atoms with E-state index in [0.717, 1.165) is 32.1 Å². The second kappa shape index (κ2) is 9.50. The van der Waals surface area contributed by atoms with Crippen molar-refractivity contribution in [1.82, 2.24) is 0 Å². The molecule has 0 aromatic rings. The lowest BCUT2D eigenvalue weighted by molar-refractivity contribution is 0.0542. The molecule has 0 aromatic carbocycles. The average molecular weight is 403 g/mol. The zero-order valence-electron chi connectivity index (χ0n) is 19.2. The molecule has 1 nitrogen and oxygen atoms in total. The van der Waals surface area contributed by atoms with Gasteiger partial charge in [0.05, 0.1) is 6.10 Å². The summed E-state index contributed by atoms with van der Waals surface area (Å²) in [6, 6.07) is 0. The smallest absolute Gasteiger partial charge is 0.103 e. The zero-order chi connectivity index (χ0) is 21.2. The van der Waals surface area contributed by atoms with E-state index in [0.29, 0.717) is 17.8 Å². The molecule has 3 rings (SSSR count). The standard InChI is InChI=1S/C27H43FO/c1-18(2)8-15-26(28)20(4)24-13-14-25-21(7-6-16-27(24,25)5)10-11-22-17-23(29)12-9-19(22)3/h10-11,18,20,23-26,29H,3,6-9,12-17H2,1-2,4-5H3/b21-10+,22-11-/t20-,23+,24+,25-,26?,27+/m0/s1. The quantitative estimate of drug-likeness (QED) is 0.486. The molecule has 3 saturated carbocycles. The van der Waals surface area contributed by atoms with Gasteiger partial charge >= 0.3 is 0 Å². The highest BCUT2D eigenvalue weighted by Crippen LogP contribution is 2.60. The van der Waals surface area contributed by atoms with Crippen LogP contribution in [0.1, 0.15) is 91.9 Å². The van der Waals surface area contributed by atoms with Crippen molar-refractivity contribution in [3.8, 4) is 0 Å². The van der Waals surface area contributed by atoms with Crippen molar-refractivity contribution in [3.05, 3.63) is 35.5 Å². The lowest BCUT2D eigenvalue weighted by Gasteiger charge is -2.45. The van der Waals surface area contributed by atoms with Crippen LogP contribution in [-0.2, 0) is 0 Å². The minimum Gasteiger partial charge on any atom is -0.393 e. The van der Waals surface area contributed by atoms with Crippen molar-refractivity contribution >= 4 is 0 Å². The molecule has 0 spiro atoms. The van der Waals surface area contributed by atoms with Crippen molar-refractivity contribution in [3.63, 3.8) is 0 Å². The topological polar surface area (TPSA) is 20.2 Å². The van der Waals surface area contributed by atoms with E-state index in [4.69, 9.17) is 0 Å². The number of fused-ring (bicyclic) bond motifs is 1. The molecule has 3 aliphatic carbocycles. The van der Waals surface area contributed by atoms with Gasteiger partial charge < -0.3 is 5.11 Å². The van der Waals surface area contributed by atoms with E-state index < -0.39 is 6.17 Å². The largest absolute Gasteiger partial charge is 0.393 e. The fourth-order valence-corrected chi connectivity index (χ4v) is 6.55. The highest BCUT2D eigenvalue weighted by Gasteiger charge is 2.51. The lowest BCUT2D eigenvalue weighted by atomic mass is 9.60. The van der Waals surface area contributed by atoms with Crippen molar-refractivity contribution in [2.75, 3.05) is 0 Å². The maximum atomic E-state index is 15.0. The second-order valence-corrected chi connectivity index (χ2v) is 10.9. The molecular weight excluding hydrogens is 359 g/mol. The van der Waals surface area contributed by atoms with Crippen LogP contribution in [0.2, 0.25) is 0 Å². The molecule has 0 radical (unpaired) electrons. The third kappa shape index (κ3) is 5.06. The lowest BCUT2D eigenvalue weighted by Crippen LogP contribution is -2.38. The summed E-state index contributed by atoms with van der Waals surface area (Å²) in [6.45, 7) is 13.2. The van der Waals surface area contributed by atoms with Crippen molar-refractivity contribution in [2.45, 2.75) is 104 Å². The van der Waals surface area contributed by atoms with Gasteiger partial charge in [0.25, 0.3) is 0 Å². The molecule has 2 heteroatoms. The van der Waals surface area contributed by atoms with Crippen LogP contribution in [-0.4, -0.2) is 17.4 Å². The summed E-state index contributed by atoms with van der Waals surface area (Å²) in [6.07, 6.45) is 13.9. The minimum atomic E-state index is -0.665. The molecule has 1 N–H and O–H groups in total. The number of aliphatic hydroxyl groups excluding tert-OH is 1. The molecule has 0 amide bonds. The molecule has 0 heterocycles. The third-order valence-electron chi connectivity index (χ3n) is 8.45. The van der Waals surface area contributed by atoms with Gasteiger partial charge in [-0.3, -0.25) is 0 Å². The Morgan fingerprint density at radius 1 is 1.14 bits per heavy atom. The van der Waals surface area contributed by atoms with Crippen LogP contribution in [0, 0.1) is 29.1 Å². The molecule has 0 bridgehead atoms. The van der Waals surface area contributed by atoms with Crippen molar-refractivity contribution in [2.24, 2.45) is 29.1 Å². The van der Waals surface area contributed by atoms with Crippen LogP contribution in [0.25, 0.3) is 0 Å². The van der Waals surface area contributed by atoms with E-state index in [1.807, 2.05) is 0 Å². The summed E-state index contributed by atoms with van der Waals surface area (Å²) in [5, 5.41) is 10.0. The average Bonchev–Trinajstić information content (AvgIpc) is 3.03. The van der Waals surface area contributed by atoms with Crippen molar-refractivity contribution < 1.29 is 9.50 Å². The first-order chi connectivity index (χ1) is 13.7. The maximum Gasteiger partial charge on any atom is 0.103 e. The number of rotatable bonds is 6. The van der Waals surface area contributed by atoms with Crippen LogP contribution in [0.15, 0.2) is 35.5 Å². The first-order valence-corrected chi connectivity index (χ1v) is 12.1. The van der Waals surface area contributed by atoms with Crippen LogP contribution in [0.3, 0.4) is 0 Å². The van der Waals surface area contributed by atoms with Crippen LogP contribution in [0.5, 0.6) is 0 Å². The summed E-state index contributed by atoms with van der Waals surface area (Å²) >= 11 is 0. The van der Waals surface area contributed by atoms with Gasteiger partial charge in [0.1, 0.15) is 6.17 Å². The minimum absolute atomic E-state index is 0.162. The Kier molecular flexibility index (Phi) is 7.46. The van der Waals surface area contributed by atoms with E-state index in [-0.39, 0.29) is 17.4 Å². The molecule has 0 aromatic heterocycles. The number of hydrogen-bond acceptors (Lipinski definition) is 1. The molecule has 0 aliphatic heterocycles. The third-order valence-corrected chi connectivity index (χ3v) is 8.45. The van der Waals surface area contributed by atoms with Gasteiger partial charge in [-0.15, -0.1) is 0 Å². The Hall–Kier alpha value is -0.890. The Balaban J connectivity index is 1.73. The van der Waals surface area contributed by atoms with E-state index >= 15 is 4.39 Å². The monoisotopic (exact) mass is 402 g/mol. The van der Waals surface area contributed by atoms with Crippen LogP contribution >= 0.6 is 0 Å². The molecule has 3 aliphatic rings. The summed E-state index contributed by atoms with van der Waals surface area (Å²) in [7, 11) is 0. The summed E-state index contributed by atoms with van der Waals surface area (Å²) in [5.74, 6) is 1.84. The molecule has 29 heavy (non-hydrogen) atoms. The molecule has 3 fully saturated rings. The Morgan fingerprint density at radius 2 is 1.90 bits per heavy atom. The van der Waals surface area contributed by atoms with Crippen LogP contribution < -0.4 is 0 Å². The molecule has 0 saturated heterocycles. The fourth-order valence-electron chi connectivity index (χ4n) is 6.55. The summed E-state index contributed by atoms with van der Waals surface area (Å²) in [4.78, 5) is 0. The first kappa shape index (κ1) is 22.8. The number of aliphatic hydroxyl groups is 1. The number of halogens is 1. The van der Waals surface area contributed by atoms with Gasteiger partial charge in [0.15, 0.2) is 0 Å². The summed E-state index contributed by atoms with van der Waals surface area (Å²) in [5.41, 5.74) is 4.22. The molecule has 164 valence electrons. The molecular formula is C27H43FO. The van der Waals surface area contributed by atoms with E-state index in [1.165, 1.54) is 43.3 Å². The maximum absolute atomic E-state index is 15.0. The van der Waals surface area contributed by atoms with E-state index in [1.54, 1.807) is 5.57 Å². The normalized spacial score (nSPS) is 37.9. The predicted octanol–water partition coefficient (Wildman–Crippen LogP) is 7.57. The zero-order valence-corrected chi connectivity index (χ0v) is 19.2. The van der Waals surface area contributed by atoms with Gasteiger partial charge in [-0.1, -0.05) is 57.6 Å². The molecule has 1 unspecified atom stereocenters.